The van der Waals surface area contributed by atoms with Crippen LogP contribution in [0.1, 0.15) is 107 Å². The Labute approximate surface area is 161 Å². The van der Waals surface area contributed by atoms with Crippen molar-refractivity contribution in [2.24, 2.45) is 5.92 Å². The highest BCUT2D eigenvalue weighted by molar-refractivity contribution is 6.30. The van der Waals surface area contributed by atoms with Crippen molar-refractivity contribution in [3.05, 3.63) is 45.0 Å². The molecule has 1 aromatic carbocycles. The van der Waals surface area contributed by atoms with Crippen LogP contribution in [0.4, 0.5) is 0 Å². The summed E-state index contributed by atoms with van der Waals surface area (Å²) in [5.74, 6) is 2.33. The van der Waals surface area contributed by atoms with Crippen molar-refractivity contribution in [2.75, 3.05) is 0 Å². The smallest absolute Gasteiger partial charge is 0.0176 e. The van der Waals surface area contributed by atoms with E-state index >= 15 is 0 Å². The molecule has 0 radical (unpaired) electrons. The van der Waals surface area contributed by atoms with Crippen molar-refractivity contribution >= 4 is 11.6 Å². The van der Waals surface area contributed by atoms with Gasteiger partial charge in [0.2, 0.25) is 0 Å². The van der Waals surface area contributed by atoms with E-state index in [0.717, 1.165) is 29.7 Å². The minimum Gasteiger partial charge on any atom is -0.0892 e. The van der Waals surface area contributed by atoms with E-state index in [4.69, 9.17) is 11.6 Å². The number of halogens is 1. The molecule has 0 heterocycles. The fourth-order valence-electron chi connectivity index (χ4n) is 4.60. The van der Waals surface area contributed by atoms with Gasteiger partial charge < -0.3 is 0 Å². The van der Waals surface area contributed by atoms with E-state index in [1.165, 1.54) is 43.2 Å². The van der Waals surface area contributed by atoms with E-state index in [-0.39, 0.29) is 0 Å². The fourth-order valence-corrected chi connectivity index (χ4v) is 4.88. The predicted octanol–water partition coefficient (Wildman–Crippen LogP) is 8.40. The van der Waals surface area contributed by atoms with Crippen LogP contribution in [-0.4, -0.2) is 0 Å². The third kappa shape index (κ3) is 4.70. The van der Waals surface area contributed by atoms with E-state index in [1.54, 1.807) is 16.7 Å². The minimum atomic E-state index is 0.616. The summed E-state index contributed by atoms with van der Waals surface area (Å²) < 4.78 is 0. The monoisotopic (exact) mass is 360 g/mol. The normalized spacial score (nSPS) is 26.9. The standard InChI is InChI=1S/C22H31Cl.C2H6/c1-14-5-8-18(9-6-14)20-11-12-21(17(4)16(20)3)19-10-7-15(2)22(23)13-19;1-2/h11-12,14,18-19H,5-10,13H2,1-4H3;1-2H3. The second-order valence-electron chi connectivity index (χ2n) is 8.08. The first-order valence-electron chi connectivity index (χ1n) is 10.4. The average Bonchev–Trinajstić information content (AvgIpc) is 2.62. The first-order valence-corrected chi connectivity index (χ1v) is 10.8. The van der Waals surface area contributed by atoms with Crippen LogP contribution in [0, 0.1) is 19.8 Å². The first kappa shape index (κ1) is 20.6. The summed E-state index contributed by atoms with van der Waals surface area (Å²) >= 11 is 6.45. The highest BCUT2D eigenvalue weighted by Crippen LogP contribution is 2.42. The van der Waals surface area contributed by atoms with Gasteiger partial charge in [-0.3, -0.25) is 0 Å². The Bertz CT molecular complexity index is 603. The van der Waals surface area contributed by atoms with Gasteiger partial charge in [-0.05, 0) is 92.9 Å². The van der Waals surface area contributed by atoms with Crippen LogP contribution < -0.4 is 0 Å². The van der Waals surface area contributed by atoms with Crippen molar-refractivity contribution in [3.63, 3.8) is 0 Å². The SMILES string of the molecule is CC.CC1=C(Cl)CC(c2ccc(C3CCC(C)CC3)c(C)c2C)CC1. The molecule has 140 valence electrons. The summed E-state index contributed by atoms with van der Waals surface area (Å²) in [7, 11) is 0. The molecule has 2 aliphatic rings. The molecule has 0 amide bonds. The molecule has 25 heavy (non-hydrogen) atoms. The summed E-state index contributed by atoms with van der Waals surface area (Å²) in [4.78, 5) is 0. The summed E-state index contributed by atoms with van der Waals surface area (Å²) in [6.07, 6.45) is 8.98. The highest BCUT2D eigenvalue weighted by Gasteiger charge is 2.25. The third-order valence-corrected chi connectivity index (χ3v) is 7.00. The second kappa shape index (κ2) is 9.26. The van der Waals surface area contributed by atoms with E-state index in [1.807, 2.05) is 13.8 Å². The lowest BCUT2D eigenvalue weighted by Crippen LogP contribution is -2.14. The van der Waals surface area contributed by atoms with Gasteiger partial charge in [-0.1, -0.05) is 62.9 Å². The summed E-state index contributed by atoms with van der Waals surface area (Å²) in [5.41, 5.74) is 7.62. The van der Waals surface area contributed by atoms with Gasteiger partial charge in [-0.25, -0.2) is 0 Å². The number of benzene rings is 1. The Balaban J connectivity index is 0.00000109. The van der Waals surface area contributed by atoms with Gasteiger partial charge in [0.15, 0.2) is 0 Å². The Hall–Kier alpha value is -0.750. The van der Waals surface area contributed by atoms with Crippen LogP contribution in [0.3, 0.4) is 0 Å². The van der Waals surface area contributed by atoms with Crippen LogP contribution in [0.15, 0.2) is 22.7 Å². The van der Waals surface area contributed by atoms with E-state index in [2.05, 4.69) is 39.8 Å². The van der Waals surface area contributed by atoms with Crippen LogP contribution in [-0.2, 0) is 0 Å². The Kier molecular flexibility index (Phi) is 7.62. The molecule has 2 aliphatic carbocycles. The van der Waals surface area contributed by atoms with Crippen molar-refractivity contribution in [1.29, 1.82) is 0 Å². The van der Waals surface area contributed by atoms with Gasteiger partial charge >= 0.3 is 0 Å². The molecule has 0 N–H and O–H groups in total. The van der Waals surface area contributed by atoms with Crippen molar-refractivity contribution in [1.82, 2.24) is 0 Å². The molecule has 0 aromatic heterocycles. The number of hydrogen-bond acceptors (Lipinski definition) is 0. The fraction of sp³-hybridized carbons (Fsp3) is 0.667. The van der Waals surface area contributed by atoms with Crippen molar-refractivity contribution in [2.45, 2.75) is 98.3 Å². The zero-order valence-electron chi connectivity index (χ0n) is 17.2. The average molecular weight is 361 g/mol. The molecule has 0 spiro atoms. The maximum absolute atomic E-state index is 6.45. The molecular weight excluding hydrogens is 324 g/mol. The zero-order chi connectivity index (χ0) is 18.6. The maximum atomic E-state index is 6.45. The highest BCUT2D eigenvalue weighted by atomic mass is 35.5. The van der Waals surface area contributed by atoms with Crippen LogP contribution >= 0.6 is 11.6 Å². The molecule has 1 saturated carbocycles. The molecule has 1 unspecified atom stereocenters. The van der Waals surface area contributed by atoms with E-state index < -0.39 is 0 Å². The Morgan fingerprint density at radius 3 is 1.84 bits per heavy atom. The topological polar surface area (TPSA) is 0 Å². The summed E-state index contributed by atoms with van der Waals surface area (Å²) in [6.45, 7) is 13.3. The van der Waals surface area contributed by atoms with Crippen LogP contribution in [0.25, 0.3) is 0 Å². The largest absolute Gasteiger partial charge is 0.0892 e. The lowest BCUT2D eigenvalue weighted by atomic mass is 9.75. The van der Waals surface area contributed by atoms with Gasteiger partial charge in [0, 0.05) is 5.03 Å². The third-order valence-electron chi connectivity index (χ3n) is 6.52. The number of allylic oxidation sites excluding steroid dienone is 2. The van der Waals surface area contributed by atoms with Gasteiger partial charge in [-0.15, -0.1) is 0 Å². The van der Waals surface area contributed by atoms with Gasteiger partial charge in [-0.2, -0.15) is 0 Å². The molecule has 1 aromatic rings. The Morgan fingerprint density at radius 1 is 0.800 bits per heavy atom. The van der Waals surface area contributed by atoms with Crippen molar-refractivity contribution < 1.29 is 0 Å². The van der Waals surface area contributed by atoms with Gasteiger partial charge in [0.05, 0.1) is 0 Å². The van der Waals surface area contributed by atoms with Gasteiger partial charge in [0.1, 0.15) is 0 Å². The summed E-state index contributed by atoms with van der Waals surface area (Å²) in [6, 6.07) is 4.86. The molecular formula is C24H37Cl. The molecule has 1 atom stereocenters. The molecule has 0 bridgehead atoms. The minimum absolute atomic E-state index is 0.616. The zero-order valence-corrected chi connectivity index (χ0v) is 18.0. The number of hydrogen-bond donors (Lipinski definition) is 0. The quantitative estimate of drug-likeness (QED) is 0.496. The molecule has 1 heteroatoms. The number of rotatable bonds is 2. The molecule has 0 aliphatic heterocycles. The molecule has 3 rings (SSSR count). The molecule has 0 saturated heterocycles. The van der Waals surface area contributed by atoms with E-state index in [9.17, 15) is 0 Å². The van der Waals surface area contributed by atoms with Crippen LogP contribution in [0.5, 0.6) is 0 Å². The van der Waals surface area contributed by atoms with Crippen molar-refractivity contribution in [3.8, 4) is 0 Å². The lowest BCUT2D eigenvalue weighted by Gasteiger charge is -2.30. The van der Waals surface area contributed by atoms with E-state index in [0.29, 0.717) is 5.92 Å². The summed E-state index contributed by atoms with van der Waals surface area (Å²) in [5, 5.41) is 1.10. The second-order valence-corrected chi connectivity index (χ2v) is 8.53. The lowest BCUT2D eigenvalue weighted by molar-refractivity contribution is 0.347. The van der Waals surface area contributed by atoms with Gasteiger partial charge in [0.25, 0.3) is 0 Å². The molecule has 0 nitrogen and oxygen atoms in total. The Morgan fingerprint density at radius 2 is 1.32 bits per heavy atom. The first-order chi connectivity index (χ1) is 12.0. The predicted molar refractivity (Wildman–Crippen MR) is 113 cm³/mol. The van der Waals surface area contributed by atoms with Crippen LogP contribution in [0.2, 0.25) is 0 Å². The molecule has 1 fully saturated rings. The maximum Gasteiger partial charge on any atom is 0.0176 e.